The molecule has 36 heavy (non-hydrogen) atoms. The molecule has 0 radical (unpaired) electrons. The Morgan fingerprint density at radius 2 is 1.47 bits per heavy atom. The molecule has 1 aliphatic carbocycles. The van der Waals surface area contributed by atoms with Gasteiger partial charge >= 0.3 is 12.0 Å². The molecule has 1 saturated heterocycles. The van der Waals surface area contributed by atoms with Crippen LogP contribution in [-0.2, 0) is 14.8 Å². The van der Waals surface area contributed by atoms with Crippen molar-refractivity contribution in [3.63, 3.8) is 0 Å². The number of anilines is 1. The Morgan fingerprint density at radius 3 is 2.08 bits per heavy atom. The third-order valence-electron chi connectivity index (χ3n) is 6.75. The summed E-state index contributed by atoms with van der Waals surface area (Å²) in [4.78, 5) is 28.0. The quantitative estimate of drug-likeness (QED) is 0.525. The minimum atomic E-state index is -4.21. The molecule has 3 aromatic rings. The van der Waals surface area contributed by atoms with Crippen LogP contribution < -0.4 is 4.90 Å². The fraction of sp³-hybridized carbons (Fsp3) is 0.143. The number of amides is 2. The van der Waals surface area contributed by atoms with E-state index >= 15 is 0 Å². The predicted octanol–water partition coefficient (Wildman–Crippen LogP) is 4.80. The maximum absolute atomic E-state index is 13.7. The lowest BCUT2D eigenvalue weighted by molar-refractivity contribution is -0.146. The van der Waals surface area contributed by atoms with Gasteiger partial charge in [0.2, 0.25) is 0 Å². The summed E-state index contributed by atoms with van der Waals surface area (Å²) in [6, 6.07) is 24.0. The Hall–Kier alpha value is -4.17. The Morgan fingerprint density at radius 1 is 0.889 bits per heavy atom. The number of carbonyl (C=O) groups is 2. The first-order chi connectivity index (χ1) is 17.3. The van der Waals surface area contributed by atoms with Gasteiger partial charge in [-0.15, -0.1) is 0 Å². The second-order valence-corrected chi connectivity index (χ2v) is 10.7. The first-order valence-corrected chi connectivity index (χ1v) is 12.9. The lowest BCUT2D eigenvalue weighted by Crippen LogP contribution is -2.51. The number of sulfonamides is 1. The number of allylic oxidation sites excluding steroid dienone is 3. The van der Waals surface area contributed by atoms with Crippen LogP contribution in [0.4, 0.5) is 10.5 Å². The molecule has 2 unspecified atom stereocenters. The first-order valence-electron chi connectivity index (χ1n) is 11.5. The Bertz CT molecular complexity index is 1450. The van der Waals surface area contributed by atoms with Crippen LogP contribution in [0.25, 0.3) is 5.57 Å². The molecule has 2 amide bonds. The minimum absolute atomic E-state index is 0.0274. The van der Waals surface area contributed by atoms with Gasteiger partial charge < -0.3 is 5.11 Å². The van der Waals surface area contributed by atoms with E-state index in [1.54, 1.807) is 60.7 Å². The van der Waals surface area contributed by atoms with Crippen LogP contribution in [0.15, 0.2) is 114 Å². The van der Waals surface area contributed by atoms with Crippen molar-refractivity contribution < 1.29 is 23.1 Å². The summed E-state index contributed by atoms with van der Waals surface area (Å²) in [5, 5.41) is 10.6. The van der Waals surface area contributed by atoms with Gasteiger partial charge in [-0.1, -0.05) is 85.0 Å². The second-order valence-electron chi connectivity index (χ2n) is 8.79. The summed E-state index contributed by atoms with van der Waals surface area (Å²) >= 11 is 0. The molecule has 1 heterocycles. The number of carbonyl (C=O) groups excluding carboxylic acids is 1. The van der Waals surface area contributed by atoms with Crippen LogP contribution >= 0.6 is 0 Å². The molecular formula is C28H24N2O5S. The number of para-hydroxylation sites is 1. The Kier molecular flexibility index (Phi) is 5.97. The van der Waals surface area contributed by atoms with E-state index in [1.165, 1.54) is 17.0 Å². The molecule has 7 nitrogen and oxygen atoms in total. The lowest BCUT2D eigenvalue weighted by Gasteiger charge is -2.38. The van der Waals surface area contributed by atoms with Gasteiger partial charge in [0.25, 0.3) is 10.0 Å². The van der Waals surface area contributed by atoms with Gasteiger partial charge in [0.15, 0.2) is 0 Å². The van der Waals surface area contributed by atoms with Gasteiger partial charge in [0, 0.05) is 5.69 Å². The van der Waals surface area contributed by atoms with Gasteiger partial charge in [0.1, 0.15) is 5.41 Å². The maximum Gasteiger partial charge on any atom is 0.338 e. The van der Waals surface area contributed by atoms with E-state index in [9.17, 15) is 23.1 Å². The van der Waals surface area contributed by atoms with Crippen molar-refractivity contribution in [2.45, 2.75) is 17.4 Å². The van der Waals surface area contributed by atoms with Gasteiger partial charge in [-0.25, -0.2) is 17.5 Å². The maximum atomic E-state index is 13.7. The zero-order valence-electron chi connectivity index (χ0n) is 19.3. The highest BCUT2D eigenvalue weighted by Gasteiger charge is 2.56. The summed E-state index contributed by atoms with van der Waals surface area (Å²) < 4.78 is 27.8. The number of hydrogen-bond donors (Lipinski definition) is 1. The fourth-order valence-corrected chi connectivity index (χ4v) is 6.29. The molecule has 0 saturated carbocycles. The van der Waals surface area contributed by atoms with Crippen LogP contribution in [0.5, 0.6) is 0 Å². The molecule has 0 spiro atoms. The van der Waals surface area contributed by atoms with Gasteiger partial charge in [0.05, 0.1) is 17.5 Å². The largest absolute Gasteiger partial charge is 0.481 e. The zero-order chi connectivity index (χ0) is 25.3. The SMILES string of the molecule is O=C1N(c2ccccc2)C(C2(C(=O)O)C=CC=C(c3ccccc3)C2)CN1S(=O)(=O)c1ccccc1. The van der Waals surface area contributed by atoms with Crippen molar-refractivity contribution in [1.29, 1.82) is 0 Å². The van der Waals surface area contributed by atoms with Crippen molar-refractivity contribution >= 4 is 33.3 Å². The molecule has 8 heteroatoms. The second kappa shape index (κ2) is 9.13. The van der Waals surface area contributed by atoms with Crippen molar-refractivity contribution in [2.75, 3.05) is 11.4 Å². The van der Waals surface area contributed by atoms with E-state index in [0.29, 0.717) is 5.69 Å². The van der Waals surface area contributed by atoms with Gasteiger partial charge in [-0.2, -0.15) is 0 Å². The number of benzene rings is 3. The van der Waals surface area contributed by atoms with Crippen LogP contribution in [0, 0.1) is 5.41 Å². The van der Waals surface area contributed by atoms with Crippen molar-refractivity contribution in [3.8, 4) is 0 Å². The summed E-state index contributed by atoms with van der Waals surface area (Å²) in [7, 11) is -4.21. The van der Waals surface area contributed by atoms with E-state index in [4.69, 9.17) is 0 Å². The number of hydrogen-bond acceptors (Lipinski definition) is 4. The molecule has 0 aromatic heterocycles. The third kappa shape index (κ3) is 3.89. The molecule has 3 aromatic carbocycles. The number of urea groups is 1. The number of aliphatic carboxylic acids is 1. The molecule has 182 valence electrons. The number of nitrogens with zero attached hydrogens (tertiary/aromatic N) is 2. The van der Waals surface area contributed by atoms with Gasteiger partial charge in [-0.3, -0.25) is 9.69 Å². The molecule has 1 N–H and O–H groups in total. The standard InChI is InChI=1S/C28H24N2O5S/c31-26(32)28(18-10-13-22(19-28)21-11-4-1-5-12-21)25-20-29(36(34,35)24-16-8-3-9-17-24)27(33)30(25)23-14-6-2-7-15-23/h1-18,25H,19-20H2,(H,31,32). The van der Waals surface area contributed by atoms with Crippen LogP contribution in [-0.4, -0.2) is 42.4 Å². The molecule has 2 aliphatic rings. The number of carboxylic acid groups (broad SMARTS) is 1. The molecule has 1 fully saturated rings. The highest BCUT2D eigenvalue weighted by molar-refractivity contribution is 7.89. The predicted molar refractivity (Wildman–Crippen MR) is 137 cm³/mol. The summed E-state index contributed by atoms with van der Waals surface area (Å²) in [5.74, 6) is -1.13. The molecule has 1 aliphatic heterocycles. The summed E-state index contributed by atoms with van der Waals surface area (Å²) in [6.07, 6.45) is 5.22. The average molecular weight is 501 g/mol. The first kappa shape index (κ1) is 23.6. The third-order valence-corrected chi connectivity index (χ3v) is 8.50. The zero-order valence-corrected chi connectivity index (χ0v) is 20.1. The average Bonchev–Trinajstić information content (AvgIpc) is 3.28. The molecule has 5 rings (SSSR count). The lowest BCUT2D eigenvalue weighted by atomic mass is 9.71. The molecule has 2 atom stereocenters. The van der Waals surface area contributed by atoms with Crippen LogP contribution in [0.2, 0.25) is 0 Å². The minimum Gasteiger partial charge on any atom is -0.481 e. The molecule has 0 bridgehead atoms. The highest BCUT2D eigenvalue weighted by Crippen LogP contribution is 2.45. The normalized spacial score (nSPS) is 21.9. The monoisotopic (exact) mass is 500 g/mol. The van der Waals surface area contributed by atoms with Crippen molar-refractivity contribution in [1.82, 2.24) is 4.31 Å². The van der Waals surface area contributed by atoms with E-state index in [-0.39, 0.29) is 17.9 Å². The van der Waals surface area contributed by atoms with Crippen LogP contribution in [0.3, 0.4) is 0 Å². The highest BCUT2D eigenvalue weighted by atomic mass is 32.2. The van der Waals surface area contributed by atoms with E-state index in [1.807, 2.05) is 36.4 Å². The summed E-state index contributed by atoms with van der Waals surface area (Å²) in [6.45, 7) is -0.302. The van der Waals surface area contributed by atoms with Crippen molar-refractivity contribution in [2.24, 2.45) is 5.41 Å². The topological polar surface area (TPSA) is 95.0 Å². The summed E-state index contributed by atoms with van der Waals surface area (Å²) in [5.41, 5.74) is 0.553. The van der Waals surface area contributed by atoms with E-state index in [0.717, 1.165) is 15.4 Å². The van der Waals surface area contributed by atoms with E-state index < -0.39 is 33.5 Å². The van der Waals surface area contributed by atoms with Gasteiger partial charge in [-0.05, 0) is 41.8 Å². The Labute approximate surface area is 209 Å². The van der Waals surface area contributed by atoms with E-state index in [2.05, 4.69) is 0 Å². The molecular weight excluding hydrogens is 476 g/mol. The smallest absolute Gasteiger partial charge is 0.338 e. The number of rotatable bonds is 6. The van der Waals surface area contributed by atoms with Crippen molar-refractivity contribution in [3.05, 3.63) is 115 Å². The Balaban J connectivity index is 1.62. The number of carboxylic acids is 1. The fourth-order valence-electron chi connectivity index (χ4n) is 4.90. The van der Waals surface area contributed by atoms with Crippen LogP contribution in [0.1, 0.15) is 12.0 Å².